The molecule has 206 valence electrons. The number of thiocarbonyl (C=S) groups is 1. The van der Waals surface area contributed by atoms with Gasteiger partial charge in [-0.3, -0.25) is 0 Å². The van der Waals surface area contributed by atoms with Gasteiger partial charge >= 0.3 is 0 Å². The Morgan fingerprint density at radius 2 is 1.75 bits per heavy atom. The van der Waals surface area contributed by atoms with Crippen molar-refractivity contribution in [2.45, 2.75) is 42.0 Å². The van der Waals surface area contributed by atoms with E-state index < -0.39 is 10.0 Å². The van der Waals surface area contributed by atoms with Crippen LogP contribution in [0.4, 0.5) is 0 Å². The van der Waals surface area contributed by atoms with Gasteiger partial charge in [-0.15, -0.1) is 11.8 Å². The lowest BCUT2D eigenvalue weighted by Crippen LogP contribution is -2.48. The van der Waals surface area contributed by atoms with E-state index in [1.165, 1.54) is 4.90 Å². The summed E-state index contributed by atoms with van der Waals surface area (Å²) in [5.74, 6) is 1.50. The SMILES string of the molecule is CC[C@@]12C=CC(=S)N(CCSc3ccccc3)[C@@H]1c1c(n(S(=O)(=O)c3ccc(OC)cc3)c3ccccc13)CC2. The van der Waals surface area contributed by atoms with E-state index in [4.69, 9.17) is 17.0 Å². The first-order valence-corrected chi connectivity index (χ1v) is 16.4. The van der Waals surface area contributed by atoms with Gasteiger partial charge in [0.1, 0.15) is 10.7 Å². The van der Waals surface area contributed by atoms with Crippen LogP contribution in [-0.4, -0.2) is 41.7 Å². The van der Waals surface area contributed by atoms with Crippen molar-refractivity contribution >= 4 is 49.9 Å². The molecule has 2 atom stereocenters. The summed E-state index contributed by atoms with van der Waals surface area (Å²) in [6.07, 6.45) is 6.88. The number of hydrogen-bond acceptors (Lipinski definition) is 5. The summed E-state index contributed by atoms with van der Waals surface area (Å²) in [5, 5.41) is 0.982. The molecule has 1 aliphatic carbocycles. The minimum Gasteiger partial charge on any atom is -0.497 e. The second-order valence-corrected chi connectivity index (χ2v) is 13.7. The predicted molar refractivity (Wildman–Crippen MR) is 167 cm³/mol. The molecular formula is C32H32N2O3S3. The highest BCUT2D eigenvalue weighted by Crippen LogP contribution is 2.55. The summed E-state index contributed by atoms with van der Waals surface area (Å²) in [5.41, 5.74) is 2.56. The number of para-hydroxylation sites is 1. The van der Waals surface area contributed by atoms with Gasteiger partial charge < -0.3 is 9.64 Å². The summed E-state index contributed by atoms with van der Waals surface area (Å²) in [4.78, 5) is 4.64. The molecule has 5 nitrogen and oxygen atoms in total. The van der Waals surface area contributed by atoms with Crippen molar-refractivity contribution in [3.05, 3.63) is 102 Å². The fraction of sp³-hybridized carbons (Fsp3) is 0.281. The molecule has 3 aromatic carbocycles. The molecule has 1 aliphatic heterocycles. The zero-order valence-corrected chi connectivity index (χ0v) is 25.1. The number of hydrogen-bond donors (Lipinski definition) is 0. The van der Waals surface area contributed by atoms with Crippen molar-refractivity contribution in [1.82, 2.24) is 8.87 Å². The van der Waals surface area contributed by atoms with Gasteiger partial charge in [-0.1, -0.05) is 61.6 Å². The van der Waals surface area contributed by atoms with E-state index in [1.54, 1.807) is 35.3 Å². The minimum atomic E-state index is -3.85. The first kappa shape index (κ1) is 27.1. The van der Waals surface area contributed by atoms with Crippen LogP contribution in [0.1, 0.15) is 37.1 Å². The number of nitrogens with zero attached hydrogens (tertiary/aromatic N) is 2. The maximum absolute atomic E-state index is 14.2. The average molecular weight is 589 g/mol. The lowest BCUT2D eigenvalue weighted by Gasteiger charge is -2.51. The van der Waals surface area contributed by atoms with Crippen molar-refractivity contribution < 1.29 is 13.2 Å². The molecule has 0 N–H and O–H groups in total. The Balaban J connectivity index is 1.49. The van der Waals surface area contributed by atoms with Gasteiger partial charge in [0.15, 0.2) is 0 Å². The van der Waals surface area contributed by atoms with Crippen molar-refractivity contribution in [2.75, 3.05) is 19.4 Å². The Morgan fingerprint density at radius 1 is 1.02 bits per heavy atom. The number of methoxy groups -OCH3 is 1. The molecule has 1 aromatic heterocycles. The third-order valence-corrected chi connectivity index (χ3v) is 11.5. The van der Waals surface area contributed by atoms with E-state index in [1.807, 2.05) is 36.0 Å². The first-order valence-electron chi connectivity index (χ1n) is 13.6. The van der Waals surface area contributed by atoms with E-state index in [0.29, 0.717) is 17.7 Å². The molecule has 8 heteroatoms. The second-order valence-electron chi connectivity index (χ2n) is 10.3. The molecule has 0 amide bonds. The molecule has 0 saturated heterocycles. The first-order chi connectivity index (χ1) is 19.4. The summed E-state index contributed by atoms with van der Waals surface area (Å²) < 4.78 is 35.3. The third kappa shape index (κ3) is 4.46. The minimum absolute atomic E-state index is 0.0349. The summed E-state index contributed by atoms with van der Waals surface area (Å²) in [6, 6.07) is 24.9. The van der Waals surface area contributed by atoms with Crippen LogP contribution in [0.15, 0.2) is 101 Å². The highest BCUT2D eigenvalue weighted by molar-refractivity contribution is 7.99. The van der Waals surface area contributed by atoms with Gasteiger partial charge in [0, 0.05) is 39.3 Å². The Morgan fingerprint density at radius 3 is 2.48 bits per heavy atom. The molecule has 0 unspecified atom stereocenters. The highest BCUT2D eigenvalue weighted by Gasteiger charge is 2.49. The Hall–Kier alpha value is -3.07. The molecule has 0 radical (unpaired) electrons. The third-order valence-electron chi connectivity index (χ3n) is 8.37. The second kappa shape index (κ2) is 10.7. The molecule has 6 rings (SSSR count). The summed E-state index contributed by atoms with van der Waals surface area (Å²) >= 11 is 7.77. The molecule has 40 heavy (non-hydrogen) atoms. The van der Waals surface area contributed by atoms with Crippen LogP contribution in [0.3, 0.4) is 0 Å². The topological polar surface area (TPSA) is 51.5 Å². The molecule has 0 spiro atoms. The number of aromatic nitrogens is 1. The zero-order valence-electron chi connectivity index (χ0n) is 22.6. The quantitative estimate of drug-likeness (QED) is 0.160. The molecule has 0 saturated carbocycles. The van der Waals surface area contributed by atoms with Gasteiger partial charge in [0.2, 0.25) is 0 Å². The van der Waals surface area contributed by atoms with Gasteiger partial charge in [-0.2, -0.15) is 0 Å². The number of fused-ring (bicyclic) bond motifs is 5. The summed E-state index contributed by atoms with van der Waals surface area (Å²) in [6.45, 7) is 3.01. The molecule has 0 fully saturated rings. The van der Waals surface area contributed by atoms with Crippen LogP contribution in [0.5, 0.6) is 5.75 Å². The maximum atomic E-state index is 14.2. The van der Waals surface area contributed by atoms with Crippen LogP contribution in [-0.2, 0) is 16.4 Å². The average Bonchev–Trinajstić information content (AvgIpc) is 3.34. The Labute approximate surface area is 245 Å². The van der Waals surface area contributed by atoms with Crippen molar-refractivity contribution in [1.29, 1.82) is 0 Å². The molecule has 2 aliphatic rings. The lowest BCUT2D eigenvalue weighted by atomic mass is 9.65. The van der Waals surface area contributed by atoms with Gasteiger partial charge in [-0.05, 0) is 67.8 Å². The van der Waals surface area contributed by atoms with Gasteiger partial charge in [0.25, 0.3) is 10.0 Å². The number of rotatable bonds is 8. The van der Waals surface area contributed by atoms with Crippen LogP contribution >= 0.6 is 24.0 Å². The van der Waals surface area contributed by atoms with Crippen molar-refractivity contribution in [2.24, 2.45) is 5.41 Å². The normalized spacial score (nSPS) is 20.4. The maximum Gasteiger partial charge on any atom is 0.268 e. The summed E-state index contributed by atoms with van der Waals surface area (Å²) in [7, 11) is -2.27. The van der Waals surface area contributed by atoms with Crippen LogP contribution < -0.4 is 4.74 Å². The molecular weight excluding hydrogens is 557 g/mol. The van der Waals surface area contributed by atoms with E-state index in [-0.39, 0.29) is 16.4 Å². The number of benzene rings is 3. The number of thioether (sulfide) groups is 1. The lowest BCUT2D eigenvalue weighted by molar-refractivity contribution is 0.133. The fourth-order valence-corrected chi connectivity index (χ4v) is 9.07. The largest absolute Gasteiger partial charge is 0.497 e. The molecule has 0 bridgehead atoms. The smallest absolute Gasteiger partial charge is 0.268 e. The van der Waals surface area contributed by atoms with E-state index in [9.17, 15) is 8.42 Å². The fourth-order valence-electron chi connectivity index (χ4n) is 6.34. The van der Waals surface area contributed by atoms with Crippen LogP contribution in [0.2, 0.25) is 0 Å². The number of ether oxygens (including phenoxy) is 1. The highest BCUT2D eigenvalue weighted by atomic mass is 32.2. The zero-order chi connectivity index (χ0) is 27.9. The Kier molecular flexibility index (Phi) is 7.27. The molecule has 2 heterocycles. The standard InChI is InChI=1S/C32H32N2O3S3/c1-3-32-19-17-28-30(31(32)33(29(38)18-20-32)21-22-39-24-9-5-4-6-10-24)26-11-7-8-12-27(26)34(28)40(35,36)25-15-13-23(37-2)14-16-25/h4-16,18,20,31H,3,17,19,21-22H2,1-2H3/t31-,32-/m1/s1. The monoisotopic (exact) mass is 588 g/mol. The van der Waals surface area contributed by atoms with Gasteiger partial charge in [0.05, 0.1) is 23.6 Å². The van der Waals surface area contributed by atoms with E-state index in [0.717, 1.165) is 46.8 Å². The Bertz CT molecular complexity index is 1690. The van der Waals surface area contributed by atoms with Crippen molar-refractivity contribution in [3.8, 4) is 5.75 Å². The van der Waals surface area contributed by atoms with E-state index >= 15 is 0 Å². The predicted octanol–water partition coefficient (Wildman–Crippen LogP) is 7.26. The molecule has 4 aromatic rings. The van der Waals surface area contributed by atoms with Crippen LogP contribution in [0.25, 0.3) is 10.9 Å². The van der Waals surface area contributed by atoms with Crippen LogP contribution in [0, 0.1) is 5.41 Å². The van der Waals surface area contributed by atoms with Crippen molar-refractivity contribution in [3.63, 3.8) is 0 Å². The van der Waals surface area contributed by atoms with Gasteiger partial charge in [-0.25, -0.2) is 12.4 Å². The van der Waals surface area contributed by atoms with E-state index in [2.05, 4.69) is 54.3 Å².